The molecular formula is C11H10F3N3O2. The Labute approximate surface area is 105 Å². The van der Waals surface area contributed by atoms with Gasteiger partial charge in [0.25, 0.3) is 5.69 Å². The van der Waals surface area contributed by atoms with Crippen molar-refractivity contribution >= 4 is 16.7 Å². The second-order valence-corrected chi connectivity index (χ2v) is 4.42. The quantitative estimate of drug-likeness (QED) is 0.671. The van der Waals surface area contributed by atoms with Crippen LogP contribution < -0.4 is 0 Å². The summed E-state index contributed by atoms with van der Waals surface area (Å²) in [5.41, 5.74) is -1.96. The summed E-state index contributed by atoms with van der Waals surface area (Å²) in [6, 6.07) is 1.58. The molecular weight excluding hydrogens is 263 g/mol. The number of nitrogens with zero attached hydrogens (tertiary/aromatic N) is 2. The Morgan fingerprint density at radius 3 is 2.47 bits per heavy atom. The molecule has 8 heteroatoms. The highest BCUT2D eigenvalue weighted by atomic mass is 19.4. The van der Waals surface area contributed by atoms with E-state index in [-0.39, 0.29) is 17.0 Å². The maximum atomic E-state index is 12.8. The zero-order valence-corrected chi connectivity index (χ0v) is 10.1. The molecule has 19 heavy (non-hydrogen) atoms. The Bertz CT molecular complexity index is 646. The first-order valence-corrected chi connectivity index (χ1v) is 5.45. The molecule has 0 aliphatic heterocycles. The van der Waals surface area contributed by atoms with E-state index < -0.39 is 22.4 Å². The predicted molar refractivity (Wildman–Crippen MR) is 61.8 cm³/mol. The first-order chi connectivity index (χ1) is 8.70. The smallest absolute Gasteiger partial charge is 0.342 e. The molecule has 0 saturated carbocycles. The van der Waals surface area contributed by atoms with Gasteiger partial charge >= 0.3 is 6.18 Å². The predicted octanol–water partition coefficient (Wildman–Crippen LogP) is 3.61. The molecule has 0 unspecified atom stereocenters. The third-order valence-electron chi connectivity index (χ3n) is 2.67. The van der Waals surface area contributed by atoms with Crippen molar-refractivity contribution in [2.75, 3.05) is 0 Å². The molecule has 102 valence electrons. The third-order valence-corrected chi connectivity index (χ3v) is 2.67. The molecule has 1 aromatic carbocycles. The molecule has 0 aliphatic carbocycles. The fraction of sp³-hybridized carbons (Fsp3) is 0.364. The number of aromatic nitrogens is 2. The highest BCUT2D eigenvalue weighted by molar-refractivity contribution is 5.80. The molecule has 2 rings (SSSR count). The van der Waals surface area contributed by atoms with Crippen LogP contribution in [0.25, 0.3) is 11.0 Å². The molecule has 0 spiro atoms. The number of hydrogen-bond donors (Lipinski definition) is 1. The lowest BCUT2D eigenvalue weighted by Gasteiger charge is -2.06. The third kappa shape index (κ3) is 2.38. The minimum absolute atomic E-state index is 0.0132. The summed E-state index contributed by atoms with van der Waals surface area (Å²) in [5, 5.41) is 10.7. The van der Waals surface area contributed by atoms with Gasteiger partial charge in [0.05, 0.1) is 16.0 Å². The SMILES string of the molecule is CC(C)c1nc2cc(C(F)(F)F)c([N+](=O)[O-])cc2[nH]1. The zero-order chi connectivity index (χ0) is 14.4. The number of fused-ring (bicyclic) bond motifs is 1. The molecule has 0 fully saturated rings. The number of aromatic amines is 1. The van der Waals surface area contributed by atoms with Crippen molar-refractivity contribution in [3.8, 4) is 0 Å². The number of nitro benzene ring substituents is 1. The molecule has 1 heterocycles. The number of halogens is 3. The number of H-pyrrole nitrogens is 1. The largest absolute Gasteiger partial charge is 0.423 e. The Balaban J connectivity index is 2.73. The average molecular weight is 273 g/mol. The standard InChI is InChI=1S/C11H10F3N3O2/c1-5(2)10-15-7-3-6(11(12,13)14)9(17(18)19)4-8(7)16-10/h3-5H,1-2H3,(H,15,16). The number of nitro groups is 1. The highest BCUT2D eigenvalue weighted by Gasteiger charge is 2.39. The van der Waals surface area contributed by atoms with Gasteiger partial charge in [-0.3, -0.25) is 10.1 Å². The molecule has 0 aliphatic rings. The van der Waals surface area contributed by atoms with Crippen molar-refractivity contribution in [2.45, 2.75) is 25.9 Å². The van der Waals surface area contributed by atoms with Gasteiger partial charge in [-0.25, -0.2) is 4.98 Å². The first kappa shape index (κ1) is 13.3. The van der Waals surface area contributed by atoms with E-state index in [1.807, 2.05) is 13.8 Å². The number of imidazole rings is 1. The van der Waals surface area contributed by atoms with Crippen LogP contribution in [0.3, 0.4) is 0 Å². The van der Waals surface area contributed by atoms with Crippen LogP contribution >= 0.6 is 0 Å². The summed E-state index contributed by atoms with van der Waals surface area (Å²) in [6.45, 7) is 3.63. The van der Waals surface area contributed by atoms with Gasteiger partial charge < -0.3 is 4.98 Å². The van der Waals surface area contributed by atoms with Gasteiger partial charge in [-0.05, 0) is 6.07 Å². The number of rotatable bonds is 2. The normalized spacial score (nSPS) is 12.3. The molecule has 0 amide bonds. The van der Waals surface area contributed by atoms with Crippen molar-refractivity contribution < 1.29 is 18.1 Å². The van der Waals surface area contributed by atoms with E-state index in [1.165, 1.54) is 0 Å². The molecule has 5 nitrogen and oxygen atoms in total. The summed E-state index contributed by atoms with van der Waals surface area (Å²) in [6.07, 6.45) is -4.78. The summed E-state index contributed by atoms with van der Waals surface area (Å²) >= 11 is 0. The maximum Gasteiger partial charge on any atom is 0.423 e. The van der Waals surface area contributed by atoms with Crippen molar-refractivity contribution in [3.05, 3.63) is 33.6 Å². The van der Waals surface area contributed by atoms with Crippen LogP contribution in [-0.2, 0) is 6.18 Å². The van der Waals surface area contributed by atoms with Crippen LogP contribution in [0.2, 0.25) is 0 Å². The van der Waals surface area contributed by atoms with Crippen molar-refractivity contribution in [1.29, 1.82) is 0 Å². The first-order valence-electron chi connectivity index (χ1n) is 5.45. The van der Waals surface area contributed by atoms with E-state index in [0.717, 1.165) is 6.07 Å². The van der Waals surface area contributed by atoms with Crippen molar-refractivity contribution in [2.24, 2.45) is 0 Å². The average Bonchev–Trinajstić information content (AvgIpc) is 2.68. The Morgan fingerprint density at radius 1 is 1.37 bits per heavy atom. The lowest BCUT2D eigenvalue weighted by molar-refractivity contribution is -0.387. The van der Waals surface area contributed by atoms with Crippen LogP contribution in [-0.4, -0.2) is 14.9 Å². The topological polar surface area (TPSA) is 71.8 Å². The lowest BCUT2D eigenvalue weighted by atomic mass is 10.1. The van der Waals surface area contributed by atoms with Gasteiger partial charge in [0.2, 0.25) is 0 Å². The number of nitrogens with one attached hydrogen (secondary N) is 1. The second-order valence-electron chi connectivity index (χ2n) is 4.42. The zero-order valence-electron chi connectivity index (χ0n) is 10.1. The summed E-state index contributed by atoms with van der Waals surface area (Å²) in [5.74, 6) is 0.476. The molecule has 1 N–H and O–H groups in total. The van der Waals surface area contributed by atoms with Crippen molar-refractivity contribution in [3.63, 3.8) is 0 Å². The van der Waals surface area contributed by atoms with E-state index >= 15 is 0 Å². The van der Waals surface area contributed by atoms with Crippen LogP contribution in [0.5, 0.6) is 0 Å². The van der Waals surface area contributed by atoms with Gasteiger partial charge in [0.1, 0.15) is 11.4 Å². The Morgan fingerprint density at radius 2 is 2.00 bits per heavy atom. The Hall–Kier alpha value is -2.12. The van der Waals surface area contributed by atoms with Crippen LogP contribution in [0.4, 0.5) is 18.9 Å². The fourth-order valence-electron chi connectivity index (χ4n) is 1.72. The van der Waals surface area contributed by atoms with E-state index in [1.54, 1.807) is 0 Å². The van der Waals surface area contributed by atoms with Gasteiger partial charge in [-0.2, -0.15) is 13.2 Å². The summed E-state index contributed by atoms with van der Waals surface area (Å²) in [7, 11) is 0. The van der Waals surface area contributed by atoms with Crippen LogP contribution in [0.15, 0.2) is 12.1 Å². The van der Waals surface area contributed by atoms with Crippen molar-refractivity contribution in [1.82, 2.24) is 9.97 Å². The number of alkyl halides is 3. The fourth-order valence-corrected chi connectivity index (χ4v) is 1.72. The number of benzene rings is 1. The molecule has 0 bridgehead atoms. The second kappa shape index (κ2) is 4.22. The lowest BCUT2D eigenvalue weighted by Crippen LogP contribution is -2.08. The van der Waals surface area contributed by atoms with Gasteiger partial charge in [-0.15, -0.1) is 0 Å². The Kier molecular flexibility index (Phi) is 2.95. The summed E-state index contributed by atoms with van der Waals surface area (Å²) in [4.78, 5) is 16.5. The molecule has 2 aromatic rings. The van der Waals surface area contributed by atoms with E-state index in [0.29, 0.717) is 11.9 Å². The van der Waals surface area contributed by atoms with E-state index in [4.69, 9.17) is 0 Å². The molecule has 0 atom stereocenters. The van der Waals surface area contributed by atoms with Gasteiger partial charge in [0, 0.05) is 12.0 Å². The molecule has 0 saturated heterocycles. The van der Waals surface area contributed by atoms with Crippen LogP contribution in [0, 0.1) is 10.1 Å². The monoisotopic (exact) mass is 273 g/mol. The van der Waals surface area contributed by atoms with E-state index in [9.17, 15) is 23.3 Å². The molecule has 0 radical (unpaired) electrons. The maximum absolute atomic E-state index is 12.8. The summed E-state index contributed by atoms with van der Waals surface area (Å²) < 4.78 is 38.3. The van der Waals surface area contributed by atoms with Gasteiger partial charge in [0.15, 0.2) is 0 Å². The highest BCUT2D eigenvalue weighted by Crippen LogP contribution is 2.38. The molecule has 1 aromatic heterocycles. The minimum atomic E-state index is -4.78. The minimum Gasteiger partial charge on any atom is -0.342 e. The van der Waals surface area contributed by atoms with Crippen LogP contribution in [0.1, 0.15) is 31.2 Å². The van der Waals surface area contributed by atoms with Gasteiger partial charge in [-0.1, -0.05) is 13.8 Å². The number of hydrogen-bond acceptors (Lipinski definition) is 3. The van der Waals surface area contributed by atoms with E-state index in [2.05, 4.69) is 9.97 Å².